The summed E-state index contributed by atoms with van der Waals surface area (Å²) in [6.07, 6.45) is -0.350. The van der Waals surface area contributed by atoms with Crippen molar-refractivity contribution in [1.82, 2.24) is 5.32 Å². The molecule has 1 saturated heterocycles. The molecule has 7 nitrogen and oxygen atoms in total. The molecule has 2 rings (SSSR count). The molecule has 0 aliphatic carbocycles. The summed E-state index contributed by atoms with van der Waals surface area (Å²) in [5, 5.41) is 20.6. The maximum absolute atomic E-state index is 11.6. The molecule has 0 aromatic heterocycles. The van der Waals surface area contributed by atoms with Crippen molar-refractivity contribution in [3.8, 4) is 5.75 Å². The predicted octanol–water partition coefficient (Wildman–Crippen LogP) is 0.537. The highest BCUT2D eigenvalue weighted by Gasteiger charge is 2.30. The summed E-state index contributed by atoms with van der Waals surface area (Å²) in [5.74, 6) is -0.890. The van der Waals surface area contributed by atoms with Gasteiger partial charge in [-0.15, -0.1) is 5.10 Å². The minimum Gasteiger partial charge on any atom is -0.550 e. The van der Waals surface area contributed by atoms with Crippen molar-refractivity contribution < 1.29 is 19.4 Å². The molecule has 1 aromatic carbocycles. The minimum absolute atomic E-state index is 0.284. The van der Waals surface area contributed by atoms with E-state index in [4.69, 9.17) is 4.74 Å². The van der Waals surface area contributed by atoms with E-state index in [1.165, 1.54) is 0 Å². The first-order valence-corrected chi connectivity index (χ1v) is 7.90. The number of nitrogens with zero attached hydrogens (tertiary/aromatic N) is 2. The Labute approximate surface area is 137 Å². The van der Waals surface area contributed by atoms with Crippen LogP contribution >= 0.6 is 11.8 Å². The second-order valence-electron chi connectivity index (χ2n) is 4.72. The third kappa shape index (κ3) is 4.82. The molecule has 1 aromatic rings. The Balaban J connectivity index is 2.03. The quantitative estimate of drug-likeness (QED) is 0.604. The van der Waals surface area contributed by atoms with E-state index in [2.05, 4.69) is 15.5 Å². The van der Waals surface area contributed by atoms with Crippen LogP contribution in [0.3, 0.4) is 0 Å². The Kier molecular flexibility index (Phi) is 5.75. The summed E-state index contributed by atoms with van der Waals surface area (Å²) in [6.45, 7) is 4.31. The number of carbonyl (C=O) groups excluding carboxylic acids is 2. The number of amides is 1. The molecular weight excluding hydrogens is 318 g/mol. The lowest BCUT2D eigenvalue weighted by atomic mass is 10.1. The predicted molar refractivity (Wildman–Crippen MR) is 86.4 cm³/mol. The highest BCUT2D eigenvalue weighted by Crippen LogP contribution is 2.22. The molecule has 1 atom stereocenters. The highest BCUT2D eigenvalue weighted by atomic mass is 32.2. The smallest absolute Gasteiger partial charge is 0.239 e. The number of nitrogens with one attached hydrogen (secondary N) is 1. The molecule has 23 heavy (non-hydrogen) atoms. The lowest BCUT2D eigenvalue weighted by molar-refractivity contribution is -0.305. The van der Waals surface area contributed by atoms with Crippen LogP contribution in [0.1, 0.15) is 25.8 Å². The van der Waals surface area contributed by atoms with Crippen LogP contribution in [0.2, 0.25) is 0 Å². The maximum atomic E-state index is 11.6. The first kappa shape index (κ1) is 17.0. The number of carbonyl (C=O) groups is 2. The Bertz CT molecular complexity index is 655. The van der Waals surface area contributed by atoms with Gasteiger partial charge in [0.05, 0.1) is 17.6 Å². The van der Waals surface area contributed by atoms with E-state index in [-0.39, 0.29) is 11.6 Å². The lowest BCUT2D eigenvalue weighted by Gasteiger charge is -2.04. The number of thioether (sulfide) groups is 1. The number of hydrogen-bond donors (Lipinski definition) is 1. The lowest BCUT2D eigenvalue weighted by Crippen LogP contribution is -2.31. The van der Waals surface area contributed by atoms with E-state index in [0.717, 1.165) is 23.1 Å². The Hall–Kier alpha value is -2.35. The van der Waals surface area contributed by atoms with Crippen LogP contribution in [0.5, 0.6) is 5.75 Å². The summed E-state index contributed by atoms with van der Waals surface area (Å²) in [4.78, 5) is 22.1. The summed E-state index contributed by atoms with van der Waals surface area (Å²) in [6, 6.07) is 7.41. The fraction of sp³-hybridized carbons (Fsp3) is 0.333. The summed E-state index contributed by atoms with van der Waals surface area (Å²) in [5.41, 5.74) is 1.54. The summed E-state index contributed by atoms with van der Waals surface area (Å²) in [7, 11) is 0. The van der Waals surface area contributed by atoms with Crippen LogP contribution in [-0.4, -0.2) is 34.6 Å². The van der Waals surface area contributed by atoms with E-state index >= 15 is 0 Å². The van der Waals surface area contributed by atoms with Crippen molar-refractivity contribution in [1.29, 1.82) is 0 Å². The molecule has 8 heteroatoms. The van der Waals surface area contributed by atoms with Gasteiger partial charge in [0.15, 0.2) is 5.17 Å². The molecule has 1 aliphatic rings. The van der Waals surface area contributed by atoms with Crippen LogP contribution < -0.4 is 15.2 Å². The standard InChI is InChI=1S/C15H17N3O4S/c1-3-22-11-6-4-10(5-7-11)9(2)17-18-15-16-14(21)12(23-15)8-13(19)20/h4-7,12H,3,8H2,1-2H3,(H,19,20)(H,16,18,21)/p-1/b17-9+/t12-/m1/s1. The zero-order valence-electron chi connectivity index (χ0n) is 12.7. The number of amidine groups is 1. The van der Waals surface area contributed by atoms with Gasteiger partial charge in [-0.3, -0.25) is 4.79 Å². The molecule has 1 fully saturated rings. The first-order valence-electron chi connectivity index (χ1n) is 7.02. The SMILES string of the molecule is CCOc1ccc(/C(C)=N/N=C2\NC(=O)[C@@H](CC(=O)[O-])S2)cc1. The van der Waals surface area contributed by atoms with Crippen molar-refractivity contribution in [3.63, 3.8) is 0 Å². The normalized spacial score (nSPS) is 19.7. The second kappa shape index (κ2) is 7.77. The fourth-order valence-corrected chi connectivity index (χ4v) is 2.78. The van der Waals surface area contributed by atoms with Gasteiger partial charge >= 0.3 is 0 Å². The van der Waals surface area contributed by atoms with Crippen molar-refractivity contribution in [2.24, 2.45) is 10.2 Å². The summed E-state index contributed by atoms with van der Waals surface area (Å²) >= 11 is 1.03. The largest absolute Gasteiger partial charge is 0.550 e. The molecule has 1 N–H and O–H groups in total. The third-order valence-electron chi connectivity index (χ3n) is 3.00. The Morgan fingerprint density at radius 1 is 1.39 bits per heavy atom. The van der Waals surface area contributed by atoms with Gasteiger partial charge in [0, 0.05) is 12.4 Å². The molecule has 0 bridgehead atoms. The minimum atomic E-state index is -1.27. The molecule has 0 radical (unpaired) electrons. The van der Waals surface area contributed by atoms with E-state index in [1.54, 1.807) is 6.92 Å². The van der Waals surface area contributed by atoms with Crippen LogP contribution in [0, 0.1) is 0 Å². The van der Waals surface area contributed by atoms with Gasteiger partial charge in [0.1, 0.15) is 5.75 Å². The number of carboxylic acid groups (broad SMARTS) is 1. The van der Waals surface area contributed by atoms with Gasteiger partial charge < -0.3 is 20.0 Å². The van der Waals surface area contributed by atoms with E-state index in [1.807, 2.05) is 31.2 Å². The Morgan fingerprint density at radius 3 is 2.70 bits per heavy atom. The molecule has 122 valence electrons. The molecular formula is C15H16N3O4S-. The first-order chi connectivity index (χ1) is 11.0. The maximum Gasteiger partial charge on any atom is 0.239 e. The van der Waals surface area contributed by atoms with Crippen molar-refractivity contribution in [3.05, 3.63) is 29.8 Å². The van der Waals surface area contributed by atoms with Crippen LogP contribution in [-0.2, 0) is 9.59 Å². The molecule has 0 saturated carbocycles. The molecule has 1 heterocycles. The number of benzene rings is 1. The van der Waals surface area contributed by atoms with Crippen LogP contribution in [0.25, 0.3) is 0 Å². The van der Waals surface area contributed by atoms with Gasteiger partial charge in [-0.1, -0.05) is 11.8 Å². The van der Waals surface area contributed by atoms with Crippen LogP contribution in [0.15, 0.2) is 34.5 Å². The van der Waals surface area contributed by atoms with Gasteiger partial charge in [-0.05, 0) is 43.7 Å². The van der Waals surface area contributed by atoms with Gasteiger partial charge in [-0.2, -0.15) is 5.10 Å². The van der Waals surface area contributed by atoms with Crippen LogP contribution in [0.4, 0.5) is 0 Å². The molecule has 0 unspecified atom stereocenters. The van der Waals surface area contributed by atoms with Crippen molar-refractivity contribution in [2.45, 2.75) is 25.5 Å². The van der Waals surface area contributed by atoms with Crippen molar-refractivity contribution in [2.75, 3.05) is 6.61 Å². The monoisotopic (exact) mass is 334 g/mol. The van der Waals surface area contributed by atoms with Gasteiger partial charge in [-0.25, -0.2) is 0 Å². The number of aliphatic carboxylic acids is 1. The zero-order valence-corrected chi connectivity index (χ0v) is 13.6. The van der Waals surface area contributed by atoms with E-state index < -0.39 is 17.1 Å². The van der Waals surface area contributed by atoms with E-state index in [9.17, 15) is 14.7 Å². The average molecular weight is 334 g/mol. The Morgan fingerprint density at radius 2 is 2.09 bits per heavy atom. The molecule has 1 aliphatic heterocycles. The van der Waals surface area contributed by atoms with E-state index in [0.29, 0.717) is 12.3 Å². The van der Waals surface area contributed by atoms with Crippen molar-refractivity contribution >= 4 is 34.5 Å². The second-order valence-corrected chi connectivity index (χ2v) is 5.91. The molecule has 0 spiro atoms. The average Bonchev–Trinajstić information content (AvgIpc) is 2.85. The third-order valence-corrected chi connectivity index (χ3v) is 4.07. The summed E-state index contributed by atoms with van der Waals surface area (Å²) < 4.78 is 5.37. The van der Waals surface area contributed by atoms with Gasteiger partial charge in [0.25, 0.3) is 0 Å². The number of carboxylic acids is 1. The number of hydrogen-bond acceptors (Lipinski definition) is 7. The molecule has 1 amide bonds. The number of ether oxygens (including phenoxy) is 1. The number of rotatable bonds is 6. The topological polar surface area (TPSA) is 103 Å². The van der Waals surface area contributed by atoms with Gasteiger partial charge in [0.2, 0.25) is 5.91 Å². The zero-order chi connectivity index (χ0) is 16.8. The highest BCUT2D eigenvalue weighted by molar-refractivity contribution is 8.15. The fourth-order valence-electron chi connectivity index (χ4n) is 1.88.